The van der Waals surface area contributed by atoms with Crippen LogP contribution in [-0.4, -0.2) is 73.4 Å². The Morgan fingerprint density at radius 2 is 1.46 bits per heavy atom. The molecule has 0 bridgehead atoms. The zero-order chi connectivity index (χ0) is 19.4. The third-order valence-corrected chi connectivity index (χ3v) is 5.12. The zero-order valence-corrected chi connectivity index (χ0v) is 16.7. The summed E-state index contributed by atoms with van der Waals surface area (Å²) in [5, 5.41) is 13.4. The predicted molar refractivity (Wildman–Crippen MR) is 113 cm³/mol. The largest absolute Gasteiger partial charge is 0.389 e. The molecule has 0 aliphatic carbocycles. The quantitative estimate of drug-likeness (QED) is 0.581. The molecule has 152 valence electrons. The van der Waals surface area contributed by atoms with Gasteiger partial charge in [-0.05, 0) is 11.1 Å². The SMILES string of the molecule is OC(CNCCN1CCN(Cc2ccccc2)CC1)COCc1ccccc1. The average molecular weight is 384 g/mol. The van der Waals surface area contributed by atoms with Crippen LogP contribution in [0.25, 0.3) is 0 Å². The van der Waals surface area contributed by atoms with Crippen LogP contribution in [0.4, 0.5) is 0 Å². The normalized spacial score (nSPS) is 16.9. The van der Waals surface area contributed by atoms with E-state index in [1.54, 1.807) is 0 Å². The molecule has 5 nitrogen and oxygen atoms in total. The number of nitrogens with zero attached hydrogens (tertiary/aromatic N) is 2. The lowest BCUT2D eigenvalue weighted by atomic mass is 10.2. The topological polar surface area (TPSA) is 48.0 Å². The minimum atomic E-state index is -0.466. The molecule has 1 heterocycles. The molecule has 1 unspecified atom stereocenters. The van der Waals surface area contributed by atoms with E-state index in [9.17, 15) is 5.11 Å². The number of benzene rings is 2. The summed E-state index contributed by atoms with van der Waals surface area (Å²) in [7, 11) is 0. The van der Waals surface area contributed by atoms with E-state index in [0.717, 1.165) is 51.4 Å². The number of hydrogen-bond donors (Lipinski definition) is 2. The summed E-state index contributed by atoms with van der Waals surface area (Å²) < 4.78 is 5.58. The fourth-order valence-electron chi connectivity index (χ4n) is 3.46. The fraction of sp³-hybridized carbons (Fsp3) is 0.478. The Bertz CT molecular complexity index is 645. The Labute approximate surface area is 168 Å². The Morgan fingerprint density at radius 1 is 0.857 bits per heavy atom. The monoisotopic (exact) mass is 383 g/mol. The minimum absolute atomic E-state index is 0.361. The van der Waals surface area contributed by atoms with Gasteiger partial charge >= 0.3 is 0 Å². The molecule has 0 aromatic heterocycles. The number of aliphatic hydroxyl groups is 1. The number of hydrogen-bond acceptors (Lipinski definition) is 5. The standard InChI is InChI=1S/C23H33N3O2/c27-23(20-28-19-22-9-5-2-6-10-22)17-24-11-12-25-13-15-26(16-14-25)18-21-7-3-1-4-8-21/h1-10,23-24,27H,11-20H2. The molecule has 0 spiro atoms. The Balaban J connectivity index is 1.20. The van der Waals surface area contributed by atoms with Gasteiger partial charge in [-0.3, -0.25) is 9.80 Å². The summed E-state index contributed by atoms with van der Waals surface area (Å²) in [6.07, 6.45) is -0.466. The maximum absolute atomic E-state index is 10.0. The highest BCUT2D eigenvalue weighted by molar-refractivity contribution is 5.14. The van der Waals surface area contributed by atoms with Gasteiger partial charge in [0.15, 0.2) is 0 Å². The molecule has 0 saturated carbocycles. The van der Waals surface area contributed by atoms with E-state index in [0.29, 0.717) is 19.8 Å². The molecule has 1 aliphatic rings. The van der Waals surface area contributed by atoms with Gasteiger partial charge in [0.2, 0.25) is 0 Å². The van der Waals surface area contributed by atoms with Gasteiger partial charge in [-0.1, -0.05) is 60.7 Å². The van der Waals surface area contributed by atoms with Gasteiger partial charge in [0.1, 0.15) is 0 Å². The van der Waals surface area contributed by atoms with Gasteiger partial charge in [-0.25, -0.2) is 0 Å². The number of ether oxygens (including phenoxy) is 1. The van der Waals surface area contributed by atoms with Crippen LogP contribution < -0.4 is 5.32 Å². The van der Waals surface area contributed by atoms with E-state index in [1.807, 2.05) is 30.3 Å². The van der Waals surface area contributed by atoms with Crippen LogP contribution in [0.3, 0.4) is 0 Å². The van der Waals surface area contributed by atoms with Crippen LogP contribution in [0.15, 0.2) is 60.7 Å². The lowest BCUT2D eigenvalue weighted by Crippen LogP contribution is -2.48. The molecular formula is C23H33N3O2. The third kappa shape index (κ3) is 7.70. The molecule has 0 radical (unpaired) electrons. The first-order chi connectivity index (χ1) is 13.8. The van der Waals surface area contributed by atoms with Crippen molar-refractivity contribution < 1.29 is 9.84 Å². The van der Waals surface area contributed by atoms with E-state index in [1.165, 1.54) is 5.56 Å². The molecule has 3 rings (SSSR count). The molecule has 2 aromatic rings. The first-order valence-electron chi connectivity index (χ1n) is 10.3. The van der Waals surface area contributed by atoms with Crippen molar-refractivity contribution in [3.05, 3.63) is 71.8 Å². The van der Waals surface area contributed by atoms with Crippen LogP contribution in [-0.2, 0) is 17.9 Å². The van der Waals surface area contributed by atoms with Crippen molar-refractivity contribution in [2.45, 2.75) is 19.3 Å². The maximum atomic E-state index is 10.0. The number of piperazine rings is 1. The van der Waals surface area contributed by atoms with Crippen molar-refractivity contribution in [3.63, 3.8) is 0 Å². The summed E-state index contributed by atoms with van der Waals surface area (Å²) in [5.74, 6) is 0. The predicted octanol–water partition coefficient (Wildman–Crippen LogP) is 1.97. The van der Waals surface area contributed by atoms with Gasteiger partial charge in [0, 0.05) is 52.4 Å². The molecule has 1 saturated heterocycles. The van der Waals surface area contributed by atoms with Crippen molar-refractivity contribution >= 4 is 0 Å². The second-order valence-electron chi connectivity index (χ2n) is 7.46. The van der Waals surface area contributed by atoms with Gasteiger partial charge in [-0.15, -0.1) is 0 Å². The van der Waals surface area contributed by atoms with E-state index in [-0.39, 0.29) is 0 Å². The zero-order valence-electron chi connectivity index (χ0n) is 16.7. The Morgan fingerprint density at radius 3 is 2.14 bits per heavy atom. The van der Waals surface area contributed by atoms with Crippen LogP contribution in [0, 0.1) is 0 Å². The van der Waals surface area contributed by atoms with Gasteiger partial charge in [-0.2, -0.15) is 0 Å². The lowest BCUT2D eigenvalue weighted by Gasteiger charge is -2.34. The molecule has 5 heteroatoms. The number of rotatable bonds is 11. The smallest absolute Gasteiger partial charge is 0.0897 e. The molecule has 1 atom stereocenters. The van der Waals surface area contributed by atoms with Gasteiger partial charge < -0.3 is 15.2 Å². The lowest BCUT2D eigenvalue weighted by molar-refractivity contribution is 0.0284. The molecule has 2 aromatic carbocycles. The molecule has 1 aliphatic heterocycles. The summed E-state index contributed by atoms with van der Waals surface area (Å²) in [6.45, 7) is 8.89. The van der Waals surface area contributed by atoms with Gasteiger partial charge in [0.05, 0.1) is 19.3 Å². The highest BCUT2D eigenvalue weighted by Crippen LogP contribution is 2.08. The van der Waals surface area contributed by atoms with E-state index in [2.05, 4.69) is 45.4 Å². The number of aliphatic hydroxyl groups excluding tert-OH is 1. The van der Waals surface area contributed by atoms with Crippen LogP contribution in [0.2, 0.25) is 0 Å². The molecule has 0 amide bonds. The van der Waals surface area contributed by atoms with E-state index in [4.69, 9.17) is 4.74 Å². The second kappa shape index (κ2) is 11.9. The van der Waals surface area contributed by atoms with E-state index >= 15 is 0 Å². The van der Waals surface area contributed by atoms with Crippen molar-refractivity contribution in [1.29, 1.82) is 0 Å². The second-order valence-corrected chi connectivity index (χ2v) is 7.46. The highest BCUT2D eigenvalue weighted by atomic mass is 16.5. The summed E-state index contributed by atoms with van der Waals surface area (Å²) in [5.41, 5.74) is 2.52. The van der Waals surface area contributed by atoms with Crippen molar-refractivity contribution in [3.8, 4) is 0 Å². The average Bonchev–Trinajstić information content (AvgIpc) is 2.74. The molecular weight excluding hydrogens is 350 g/mol. The van der Waals surface area contributed by atoms with Crippen molar-refractivity contribution in [2.75, 3.05) is 52.4 Å². The van der Waals surface area contributed by atoms with Crippen LogP contribution in [0.5, 0.6) is 0 Å². The van der Waals surface area contributed by atoms with Gasteiger partial charge in [0.25, 0.3) is 0 Å². The summed E-state index contributed by atoms with van der Waals surface area (Å²) >= 11 is 0. The summed E-state index contributed by atoms with van der Waals surface area (Å²) in [6, 6.07) is 20.7. The highest BCUT2D eigenvalue weighted by Gasteiger charge is 2.16. The minimum Gasteiger partial charge on any atom is -0.389 e. The van der Waals surface area contributed by atoms with Crippen molar-refractivity contribution in [2.24, 2.45) is 0 Å². The maximum Gasteiger partial charge on any atom is 0.0897 e. The molecule has 2 N–H and O–H groups in total. The fourth-order valence-corrected chi connectivity index (χ4v) is 3.46. The Hall–Kier alpha value is -1.76. The number of nitrogens with one attached hydrogen (secondary N) is 1. The summed E-state index contributed by atoms with van der Waals surface area (Å²) in [4.78, 5) is 5.01. The van der Waals surface area contributed by atoms with Crippen LogP contribution in [0.1, 0.15) is 11.1 Å². The molecule has 28 heavy (non-hydrogen) atoms. The first kappa shape index (κ1) is 21.0. The van der Waals surface area contributed by atoms with E-state index < -0.39 is 6.10 Å². The molecule has 1 fully saturated rings. The van der Waals surface area contributed by atoms with Crippen molar-refractivity contribution in [1.82, 2.24) is 15.1 Å². The Kier molecular flexibility index (Phi) is 8.94. The first-order valence-corrected chi connectivity index (χ1v) is 10.3. The van der Waals surface area contributed by atoms with Crippen LogP contribution >= 0.6 is 0 Å². The third-order valence-electron chi connectivity index (χ3n) is 5.12.